The first-order valence-electron chi connectivity index (χ1n) is 4.62. The molecule has 0 aromatic heterocycles. The summed E-state index contributed by atoms with van der Waals surface area (Å²) in [6, 6.07) is 8.67. The van der Waals surface area contributed by atoms with E-state index < -0.39 is 0 Å². The van der Waals surface area contributed by atoms with Crippen molar-refractivity contribution in [2.45, 2.75) is 20.3 Å². The van der Waals surface area contributed by atoms with Gasteiger partial charge >= 0.3 is 0 Å². The molecule has 0 nitrogen and oxygen atoms in total. The first kappa shape index (κ1) is 18.5. The van der Waals surface area contributed by atoms with E-state index in [1.165, 1.54) is 22.3 Å². The summed E-state index contributed by atoms with van der Waals surface area (Å²) < 4.78 is 0. The number of hydrogen-bond donors (Lipinski definition) is 0. The predicted octanol–water partition coefficient (Wildman–Crippen LogP) is 4.37. The van der Waals surface area contributed by atoms with E-state index >= 15 is 0 Å². The zero-order chi connectivity index (χ0) is 9.26. The molecule has 0 N–H and O–H groups in total. The fourth-order valence-corrected chi connectivity index (χ4v) is 1.62. The SMILES string of the molecule is CC1=[C-]CC=C1c1ccc(C)cc1.Cl.Cl.[Hf]. The summed E-state index contributed by atoms with van der Waals surface area (Å²) in [6.07, 6.45) is 6.51. The molecule has 1 aromatic carbocycles. The Morgan fingerprint density at radius 1 is 1.00 bits per heavy atom. The molecule has 0 fully saturated rings. The van der Waals surface area contributed by atoms with Crippen molar-refractivity contribution in [3.05, 3.63) is 53.1 Å². The second kappa shape index (κ2) is 8.27. The van der Waals surface area contributed by atoms with Crippen molar-refractivity contribution in [3.63, 3.8) is 0 Å². The van der Waals surface area contributed by atoms with Gasteiger partial charge in [0, 0.05) is 25.8 Å². The molecule has 16 heavy (non-hydrogen) atoms. The van der Waals surface area contributed by atoms with Crippen LogP contribution in [0.1, 0.15) is 24.5 Å². The van der Waals surface area contributed by atoms with Crippen molar-refractivity contribution >= 4 is 30.4 Å². The molecule has 0 atom stereocenters. The summed E-state index contributed by atoms with van der Waals surface area (Å²) >= 11 is 0. The minimum absolute atomic E-state index is 0. The maximum Gasteiger partial charge on any atom is 0 e. The number of hydrogen-bond acceptors (Lipinski definition) is 0. The summed E-state index contributed by atoms with van der Waals surface area (Å²) in [4.78, 5) is 0. The van der Waals surface area contributed by atoms with Gasteiger partial charge in [-0.15, -0.1) is 36.8 Å². The van der Waals surface area contributed by atoms with Gasteiger partial charge in [0.05, 0.1) is 0 Å². The molecule has 0 radical (unpaired) electrons. The van der Waals surface area contributed by atoms with Crippen LogP contribution in [-0.2, 0) is 25.8 Å². The van der Waals surface area contributed by atoms with Crippen molar-refractivity contribution in [1.82, 2.24) is 0 Å². The summed E-state index contributed by atoms with van der Waals surface area (Å²) in [5.41, 5.74) is 5.25. The molecule has 1 aliphatic rings. The Balaban J connectivity index is 0. The van der Waals surface area contributed by atoms with E-state index in [2.05, 4.69) is 50.3 Å². The number of halogens is 2. The second-order valence-corrected chi connectivity index (χ2v) is 3.49. The van der Waals surface area contributed by atoms with Crippen LogP contribution in [0.15, 0.2) is 35.9 Å². The third-order valence-corrected chi connectivity index (χ3v) is 2.44. The van der Waals surface area contributed by atoms with Crippen LogP contribution < -0.4 is 0 Å². The quantitative estimate of drug-likeness (QED) is 0.467. The standard InChI is InChI=1S/C13H13.2ClH.Hf/c1-10-6-8-12(9-7-10)13-5-3-4-11(13)2;;;/h5-9H,3H2,1-2H3;2*1H;/q-1;;;. The largest absolute Gasteiger partial charge is 0.269 e. The number of allylic oxidation sites excluding steroid dienone is 4. The Morgan fingerprint density at radius 2 is 1.56 bits per heavy atom. The molecule has 0 unspecified atom stereocenters. The van der Waals surface area contributed by atoms with Crippen LogP contribution >= 0.6 is 24.8 Å². The van der Waals surface area contributed by atoms with Crippen LogP contribution in [0.5, 0.6) is 0 Å². The molecule has 1 aliphatic carbocycles. The van der Waals surface area contributed by atoms with E-state index in [0.29, 0.717) is 0 Å². The number of benzene rings is 1. The maximum atomic E-state index is 3.31. The predicted molar refractivity (Wildman–Crippen MR) is 70.7 cm³/mol. The molecule has 0 saturated heterocycles. The monoisotopic (exact) mass is 421 g/mol. The number of rotatable bonds is 1. The molecular weight excluding hydrogens is 406 g/mol. The molecule has 0 spiro atoms. The van der Waals surface area contributed by atoms with Crippen molar-refractivity contribution < 1.29 is 25.8 Å². The Hall–Kier alpha value is 0.150. The van der Waals surface area contributed by atoms with E-state index in [9.17, 15) is 0 Å². The van der Waals surface area contributed by atoms with Crippen LogP contribution in [0, 0.1) is 13.0 Å². The van der Waals surface area contributed by atoms with Gasteiger partial charge in [0.2, 0.25) is 0 Å². The first-order valence-corrected chi connectivity index (χ1v) is 4.62. The molecule has 0 aliphatic heterocycles. The average molecular weight is 421 g/mol. The van der Waals surface area contributed by atoms with Crippen LogP contribution in [0.3, 0.4) is 0 Å². The second-order valence-electron chi connectivity index (χ2n) is 3.49. The summed E-state index contributed by atoms with van der Waals surface area (Å²) in [6.45, 7) is 4.24. The van der Waals surface area contributed by atoms with E-state index in [1.807, 2.05) is 0 Å². The fraction of sp³-hybridized carbons (Fsp3) is 0.231. The third kappa shape index (κ3) is 4.20. The van der Waals surface area contributed by atoms with Gasteiger partial charge in [-0.3, -0.25) is 6.08 Å². The molecule has 0 bridgehead atoms. The zero-order valence-corrected chi connectivity index (χ0v) is 14.6. The molecule has 0 saturated carbocycles. The van der Waals surface area contributed by atoms with Gasteiger partial charge in [0.1, 0.15) is 0 Å². The summed E-state index contributed by atoms with van der Waals surface area (Å²) in [5, 5.41) is 0. The van der Waals surface area contributed by atoms with Crippen LogP contribution in [0.2, 0.25) is 0 Å². The Bertz CT molecular complexity index is 377. The van der Waals surface area contributed by atoms with Gasteiger partial charge in [0.15, 0.2) is 0 Å². The molecule has 86 valence electrons. The average Bonchev–Trinajstić information content (AvgIpc) is 2.53. The fourth-order valence-electron chi connectivity index (χ4n) is 1.62. The van der Waals surface area contributed by atoms with Crippen molar-refractivity contribution in [2.24, 2.45) is 0 Å². The summed E-state index contributed by atoms with van der Waals surface area (Å²) in [7, 11) is 0. The van der Waals surface area contributed by atoms with Gasteiger partial charge in [0.25, 0.3) is 0 Å². The smallest absolute Gasteiger partial charge is 0 e. The van der Waals surface area contributed by atoms with Crippen LogP contribution in [0.25, 0.3) is 5.57 Å². The van der Waals surface area contributed by atoms with Gasteiger partial charge in [-0.05, 0) is 6.92 Å². The van der Waals surface area contributed by atoms with E-state index in [4.69, 9.17) is 0 Å². The van der Waals surface area contributed by atoms with E-state index in [1.54, 1.807) is 0 Å². The molecule has 1 aromatic rings. The zero-order valence-electron chi connectivity index (χ0n) is 9.41. The van der Waals surface area contributed by atoms with Crippen molar-refractivity contribution in [2.75, 3.05) is 0 Å². The Kier molecular flexibility index (Phi) is 9.57. The van der Waals surface area contributed by atoms with Crippen LogP contribution in [0.4, 0.5) is 0 Å². The minimum atomic E-state index is 0. The Morgan fingerprint density at radius 3 is 2.00 bits per heavy atom. The molecule has 2 rings (SSSR count). The van der Waals surface area contributed by atoms with Crippen molar-refractivity contribution in [1.29, 1.82) is 0 Å². The Labute approximate surface area is 129 Å². The summed E-state index contributed by atoms with van der Waals surface area (Å²) in [5.74, 6) is 0. The normalized spacial score (nSPS) is 12.6. The third-order valence-electron chi connectivity index (χ3n) is 2.44. The topological polar surface area (TPSA) is 0 Å². The molecule has 3 heteroatoms. The number of aryl methyl sites for hydroxylation is 1. The first-order chi connectivity index (χ1) is 6.27. The van der Waals surface area contributed by atoms with E-state index in [0.717, 1.165) is 6.42 Å². The maximum absolute atomic E-state index is 3.31. The molecule has 0 heterocycles. The van der Waals surface area contributed by atoms with Gasteiger partial charge in [-0.25, -0.2) is 5.57 Å². The van der Waals surface area contributed by atoms with Gasteiger partial charge < -0.3 is 0 Å². The van der Waals surface area contributed by atoms with Gasteiger partial charge in [-0.2, -0.15) is 11.6 Å². The molecular formula is C13H15Cl2Hf-. The van der Waals surface area contributed by atoms with Crippen molar-refractivity contribution in [3.8, 4) is 0 Å². The van der Waals surface area contributed by atoms with E-state index in [-0.39, 0.29) is 50.7 Å². The molecule has 0 amide bonds. The minimum Gasteiger partial charge on any atom is -0.269 e. The van der Waals surface area contributed by atoms with Crippen LogP contribution in [-0.4, -0.2) is 0 Å². The van der Waals surface area contributed by atoms with Gasteiger partial charge in [-0.1, -0.05) is 36.8 Å².